The van der Waals surface area contributed by atoms with E-state index in [4.69, 9.17) is 4.42 Å². The Morgan fingerprint density at radius 2 is 2.19 bits per heavy atom. The maximum atomic E-state index is 12.7. The Hall–Kier alpha value is -1.64. The summed E-state index contributed by atoms with van der Waals surface area (Å²) < 4.78 is 36.3. The number of sulfonamides is 1. The van der Waals surface area contributed by atoms with E-state index < -0.39 is 16.0 Å². The number of hydrogen-bond acceptors (Lipinski definition) is 6. The minimum Gasteiger partial charge on any atom is -0.468 e. The highest BCUT2D eigenvalue weighted by atomic mass is 32.2. The van der Waals surface area contributed by atoms with Gasteiger partial charge in [0.1, 0.15) is 15.5 Å². The molecule has 0 spiro atoms. The minimum absolute atomic E-state index is 0.00611. The quantitative estimate of drug-likeness (QED) is 0.786. The molecule has 0 aliphatic rings. The first-order chi connectivity index (χ1) is 9.87. The summed E-state index contributed by atoms with van der Waals surface area (Å²) in [4.78, 5) is 11.8. The molecule has 0 unspecified atom stereocenters. The first-order valence-corrected chi connectivity index (χ1v) is 8.35. The predicted molar refractivity (Wildman–Crippen MR) is 77.8 cm³/mol. The lowest BCUT2D eigenvalue weighted by molar-refractivity contribution is 0.0602. The Kier molecular flexibility index (Phi) is 4.50. The molecule has 8 heteroatoms. The van der Waals surface area contributed by atoms with Crippen LogP contribution in [0.15, 0.2) is 33.1 Å². The summed E-state index contributed by atoms with van der Waals surface area (Å²) in [5.41, 5.74) is 0.520. The van der Waals surface area contributed by atoms with Gasteiger partial charge in [-0.1, -0.05) is 0 Å². The van der Waals surface area contributed by atoms with Crippen molar-refractivity contribution in [2.75, 3.05) is 14.2 Å². The number of thiophene rings is 1. The number of carbonyl (C=O) groups is 1. The molecule has 0 aromatic carbocycles. The molecule has 0 atom stereocenters. The summed E-state index contributed by atoms with van der Waals surface area (Å²) in [5.74, 6) is -0.133. The van der Waals surface area contributed by atoms with E-state index in [9.17, 15) is 13.2 Å². The van der Waals surface area contributed by atoms with Crippen LogP contribution in [0.5, 0.6) is 0 Å². The number of aryl methyl sites for hydroxylation is 1. The molecule has 0 saturated carbocycles. The first-order valence-electron chi connectivity index (χ1n) is 6.03. The summed E-state index contributed by atoms with van der Waals surface area (Å²) in [6.07, 6.45) is 1.48. The van der Waals surface area contributed by atoms with Crippen LogP contribution in [0.3, 0.4) is 0 Å². The fourth-order valence-corrected chi connectivity index (χ4v) is 4.64. The van der Waals surface area contributed by atoms with Crippen LogP contribution in [0, 0.1) is 6.92 Å². The van der Waals surface area contributed by atoms with E-state index in [0.717, 1.165) is 15.6 Å². The van der Waals surface area contributed by atoms with Gasteiger partial charge in [-0.05, 0) is 30.0 Å². The van der Waals surface area contributed by atoms with Crippen LogP contribution in [-0.2, 0) is 21.3 Å². The maximum absolute atomic E-state index is 12.7. The van der Waals surface area contributed by atoms with E-state index in [1.54, 1.807) is 24.4 Å². The number of nitrogens with zero attached hydrogens (tertiary/aromatic N) is 1. The zero-order chi connectivity index (χ0) is 15.6. The summed E-state index contributed by atoms with van der Waals surface area (Å²) in [7, 11) is -1.14. The SMILES string of the molecule is COC(=O)c1scc(C)c1S(=O)(=O)N(C)Cc1ccco1. The summed E-state index contributed by atoms with van der Waals surface area (Å²) in [5, 5.41) is 1.62. The number of furan rings is 1. The van der Waals surface area contributed by atoms with Gasteiger partial charge in [-0.15, -0.1) is 11.3 Å². The molecule has 0 bridgehead atoms. The van der Waals surface area contributed by atoms with Gasteiger partial charge in [0.05, 0.1) is 19.9 Å². The van der Waals surface area contributed by atoms with E-state index in [0.29, 0.717) is 11.3 Å². The molecule has 2 heterocycles. The molecule has 0 radical (unpaired) electrons. The minimum atomic E-state index is -3.81. The molecule has 114 valence electrons. The Bertz CT molecular complexity index is 731. The van der Waals surface area contributed by atoms with E-state index in [-0.39, 0.29) is 16.3 Å². The molecular weight excluding hydrogens is 314 g/mol. The number of rotatable bonds is 5. The summed E-state index contributed by atoms with van der Waals surface area (Å²) in [6.45, 7) is 1.74. The molecule has 21 heavy (non-hydrogen) atoms. The molecular formula is C13H15NO5S2. The van der Waals surface area contributed by atoms with Crippen LogP contribution in [-0.4, -0.2) is 32.8 Å². The third-order valence-electron chi connectivity index (χ3n) is 2.92. The van der Waals surface area contributed by atoms with E-state index in [2.05, 4.69) is 4.74 Å². The molecule has 0 fully saturated rings. The first kappa shape index (κ1) is 15.7. The second-order valence-electron chi connectivity index (χ2n) is 4.41. The van der Waals surface area contributed by atoms with Crippen LogP contribution in [0.4, 0.5) is 0 Å². The number of carbonyl (C=O) groups excluding carboxylic acids is 1. The zero-order valence-corrected chi connectivity index (χ0v) is 13.5. The zero-order valence-electron chi connectivity index (χ0n) is 11.8. The molecule has 0 aliphatic carbocycles. The molecule has 0 N–H and O–H groups in total. The fourth-order valence-electron chi connectivity index (χ4n) is 1.85. The lowest BCUT2D eigenvalue weighted by Gasteiger charge is -2.16. The van der Waals surface area contributed by atoms with Gasteiger partial charge in [-0.3, -0.25) is 0 Å². The second-order valence-corrected chi connectivity index (χ2v) is 7.27. The third kappa shape index (κ3) is 3.02. The number of ether oxygens (including phenoxy) is 1. The van der Waals surface area contributed by atoms with Crippen LogP contribution < -0.4 is 0 Å². The van der Waals surface area contributed by atoms with Crippen molar-refractivity contribution >= 4 is 27.3 Å². The van der Waals surface area contributed by atoms with Gasteiger partial charge < -0.3 is 9.15 Å². The highest BCUT2D eigenvalue weighted by Crippen LogP contribution is 2.30. The average molecular weight is 329 g/mol. The van der Waals surface area contributed by atoms with Crippen molar-refractivity contribution in [3.63, 3.8) is 0 Å². The number of esters is 1. The Morgan fingerprint density at radius 1 is 1.48 bits per heavy atom. The van der Waals surface area contributed by atoms with Gasteiger partial charge in [0.15, 0.2) is 0 Å². The molecule has 0 amide bonds. The van der Waals surface area contributed by atoms with Gasteiger partial charge in [-0.2, -0.15) is 4.31 Å². The lowest BCUT2D eigenvalue weighted by Crippen LogP contribution is -2.27. The number of methoxy groups -OCH3 is 1. The van der Waals surface area contributed by atoms with Gasteiger partial charge in [0.25, 0.3) is 0 Å². The normalized spacial score (nSPS) is 11.8. The topological polar surface area (TPSA) is 76.8 Å². The molecule has 6 nitrogen and oxygen atoms in total. The highest BCUT2D eigenvalue weighted by Gasteiger charge is 2.31. The van der Waals surface area contributed by atoms with Crippen molar-refractivity contribution in [1.82, 2.24) is 4.31 Å². The van der Waals surface area contributed by atoms with Gasteiger partial charge >= 0.3 is 5.97 Å². The van der Waals surface area contributed by atoms with Crippen molar-refractivity contribution in [2.24, 2.45) is 0 Å². The predicted octanol–water partition coefficient (Wildman–Crippen LogP) is 2.26. The monoisotopic (exact) mass is 329 g/mol. The van der Waals surface area contributed by atoms with Crippen LogP contribution in [0.25, 0.3) is 0 Å². The Morgan fingerprint density at radius 3 is 2.76 bits per heavy atom. The van der Waals surface area contributed by atoms with E-state index >= 15 is 0 Å². The van der Waals surface area contributed by atoms with Crippen molar-refractivity contribution in [2.45, 2.75) is 18.4 Å². The molecule has 2 rings (SSSR count). The van der Waals surface area contributed by atoms with Crippen molar-refractivity contribution in [3.05, 3.63) is 40.0 Å². The van der Waals surface area contributed by atoms with Crippen molar-refractivity contribution in [1.29, 1.82) is 0 Å². The van der Waals surface area contributed by atoms with Crippen molar-refractivity contribution < 1.29 is 22.4 Å². The molecule has 2 aromatic heterocycles. The largest absolute Gasteiger partial charge is 0.468 e. The van der Waals surface area contributed by atoms with Gasteiger partial charge in [-0.25, -0.2) is 13.2 Å². The van der Waals surface area contributed by atoms with E-state index in [1.165, 1.54) is 20.4 Å². The maximum Gasteiger partial charge on any atom is 0.349 e. The number of hydrogen-bond donors (Lipinski definition) is 0. The Labute approximate surface area is 127 Å². The summed E-state index contributed by atoms with van der Waals surface area (Å²) in [6, 6.07) is 3.37. The van der Waals surface area contributed by atoms with Gasteiger partial charge in [0.2, 0.25) is 10.0 Å². The van der Waals surface area contributed by atoms with E-state index in [1.807, 2.05) is 0 Å². The standard InChI is InChI=1S/C13H15NO5S2/c1-9-8-20-11(13(15)18-3)12(9)21(16,17)14(2)7-10-5-4-6-19-10/h4-6,8H,7H2,1-3H3. The van der Waals surface area contributed by atoms with Gasteiger partial charge in [0, 0.05) is 7.05 Å². The second kappa shape index (κ2) is 6.00. The van der Waals surface area contributed by atoms with Crippen LogP contribution in [0.1, 0.15) is 21.0 Å². The third-order valence-corrected chi connectivity index (χ3v) is 6.11. The summed E-state index contributed by atoms with van der Waals surface area (Å²) >= 11 is 1.06. The fraction of sp³-hybridized carbons (Fsp3) is 0.308. The van der Waals surface area contributed by atoms with Crippen LogP contribution >= 0.6 is 11.3 Å². The van der Waals surface area contributed by atoms with Crippen molar-refractivity contribution in [3.8, 4) is 0 Å². The molecule has 2 aromatic rings. The lowest BCUT2D eigenvalue weighted by atomic mass is 10.3. The molecule has 0 aliphatic heterocycles. The smallest absolute Gasteiger partial charge is 0.349 e. The average Bonchev–Trinajstić information content (AvgIpc) is 3.07. The molecule has 0 saturated heterocycles. The highest BCUT2D eigenvalue weighted by molar-refractivity contribution is 7.89. The van der Waals surface area contributed by atoms with Crippen LogP contribution in [0.2, 0.25) is 0 Å². The Balaban J connectivity index is 2.39.